The van der Waals surface area contributed by atoms with E-state index in [9.17, 15) is 4.79 Å². The minimum absolute atomic E-state index is 0.301. The number of carbonyl (C=O) groups is 1. The van der Waals surface area contributed by atoms with E-state index in [2.05, 4.69) is 15.1 Å². The number of oxazole rings is 1. The molecule has 124 valence electrons. The molecule has 4 aromatic rings. The number of nitrogens with two attached hydrogens (primary N) is 2. The summed E-state index contributed by atoms with van der Waals surface area (Å²) in [5.74, 6) is 0.610. The van der Waals surface area contributed by atoms with E-state index >= 15 is 0 Å². The van der Waals surface area contributed by atoms with Gasteiger partial charge >= 0.3 is 0 Å². The quantitative estimate of drug-likeness (QED) is 0.552. The van der Waals surface area contributed by atoms with Crippen molar-refractivity contribution >= 4 is 17.1 Å². The number of rotatable bonds is 3. The van der Waals surface area contributed by atoms with Gasteiger partial charge in [0, 0.05) is 17.4 Å². The highest BCUT2D eigenvalue weighted by Crippen LogP contribution is 2.33. The molecule has 0 unspecified atom stereocenters. The maximum Gasteiger partial charge on any atom is 0.249 e. The summed E-state index contributed by atoms with van der Waals surface area (Å²) in [6, 6.07) is 6.82. The van der Waals surface area contributed by atoms with Gasteiger partial charge in [-0.1, -0.05) is 6.07 Å². The van der Waals surface area contributed by atoms with Crippen LogP contribution in [0.3, 0.4) is 0 Å². The fourth-order valence-electron chi connectivity index (χ4n) is 2.77. The first-order chi connectivity index (χ1) is 12.0. The van der Waals surface area contributed by atoms with Gasteiger partial charge in [-0.15, -0.1) is 0 Å². The molecule has 8 heteroatoms. The third-order valence-electron chi connectivity index (χ3n) is 3.87. The van der Waals surface area contributed by atoms with Gasteiger partial charge in [0.1, 0.15) is 17.8 Å². The van der Waals surface area contributed by atoms with Gasteiger partial charge in [-0.3, -0.25) is 4.79 Å². The molecule has 0 bridgehead atoms. The van der Waals surface area contributed by atoms with Gasteiger partial charge in [0.25, 0.3) is 0 Å². The Morgan fingerprint density at radius 1 is 1.28 bits per heavy atom. The summed E-state index contributed by atoms with van der Waals surface area (Å²) in [6.07, 6.45) is 4.81. The minimum Gasteiger partial charge on any atom is -0.441 e. The zero-order chi connectivity index (χ0) is 17.6. The van der Waals surface area contributed by atoms with Crippen LogP contribution in [0.2, 0.25) is 0 Å². The van der Waals surface area contributed by atoms with Crippen LogP contribution in [-0.4, -0.2) is 25.5 Å². The first kappa shape index (κ1) is 14.9. The fraction of sp³-hybridized carbons (Fsp3) is 0.0588. The molecule has 3 heterocycles. The van der Waals surface area contributed by atoms with Crippen LogP contribution in [0.25, 0.3) is 28.2 Å². The zero-order valence-corrected chi connectivity index (χ0v) is 13.3. The number of amides is 1. The van der Waals surface area contributed by atoms with Crippen molar-refractivity contribution in [3.63, 3.8) is 0 Å². The van der Waals surface area contributed by atoms with Crippen molar-refractivity contribution in [3.05, 3.63) is 54.3 Å². The van der Waals surface area contributed by atoms with Crippen molar-refractivity contribution in [1.82, 2.24) is 19.6 Å². The number of benzene rings is 1. The van der Waals surface area contributed by atoms with Crippen molar-refractivity contribution in [2.45, 2.75) is 6.92 Å². The molecule has 0 aliphatic rings. The largest absolute Gasteiger partial charge is 0.441 e. The van der Waals surface area contributed by atoms with Crippen molar-refractivity contribution in [3.8, 4) is 22.7 Å². The topological polar surface area (TPSA) is 125 Å². The van der Waals surface area contributed by atoms with Gasteiger partial charge in [-0.25, -0.2) is 14.5 Å². The molecule has 0 atom stereocenters. The second-order valence-corrected chi connectivity index (χ2v) is 5.58. The maximum absolute atomic E-state index is 11.8. The number of nitrogen functional groups attached to an aromatic ring is 1. The van der Waals surface area contributed by atoms with Gasteiger partial charge in [0.05, 0.1) is 22.8 Å². The van der Waals surface area contributed by atoms with E-state index in [1.54, 1.807) is 35.1 Å². The van der Waals surface area contributed by atoms with E-state index in [1.807, 2.05) is 13.0 Å². The van der Waals surface area contributed by atoms with E-state index in [0.717, 1.165) is 5.56 Å². The molecule has 0 saturated carbocycles. The van der Waals surface area contributed by atoms with E-state index in [-0.39, 0.29) is 0 Å². The monoisotopic (exact) mass is 334 g/mol. The van der Waals surface area contributed by atoms with Crippen LogP contribution < -0.4 is 11.5 Å². The Morgan fingerprint density at radius 3 is 2.84 bits per heavy atom. The molecule has 1 aromatic carbocycles. The van der Waals surface area contributed by atoms with Crippen LogP contribution in [0.4, 0.5) is 5.69 Å². The summed E-state index contributed by atoms with van der Waals surface area (Å²) < 4.78 is 7.19. The van der Waals surface area contributed by atoms with Gasteiger partial charge in [0.15, 0.2) is 0 Å². The lowest BCUT2D eigenvalue weighted by Gasteiger charge is -2.10. The van der Waals surface area contributed by atoms with E-state index in [1.165, 1.54) is 6.33 Å². The highest BCUT2D eigenvalue weighted by Gasteiger charge is 2.19. The van der Waals surface area contributed by atoms with Crippen molar-refractivity contribution in [2.24, 2.45) is 5.73 Å². The molecule has 3 aromatic heterocycles. The summed E-state index contributed by atoms with van der Waals surface area (Å²) in [6.45, 7) is 1.82. The summed E-state index contributed by atoms with van der Waals surface area (Å²) in [4.78, 5) is 20.3. The van der Waals surface area contributed by atoms with E-state index in [4.69, 9.17) is 15.9 Å². The van der Waals surface area contributed by atoms with Crippen molar-refractivity contribution in [1.29, 1.82) is 0 Å². The lowest BCUT2D eigenvalue weighted by atomic mass is 10.0. The van der Waals surface area contributed by atoms with Gasteiger partial charge < -0.3 is 15.9 Å². The number of aromatic nitrogens is 4. The molecule has 4 N–H and O–H groups in total. The van der Waals surface area contributed by atoms with Crippen LogP contribution in [0, 0.1) is 6.92 Å². The molecule has 25 heavy (non-hydrogen) atoms. The Hall–Kier alpha value is -3.68. The van der Waals surface area contributed by atoms with Crippen LogP contribution in [0.15, 0.2) is 47.4 Å². The van der Waals surface area contributed by atoms with Gasteiger partial charge in [-0.2, -0.15) is 5.10 Å². The van der Waals surface area contributed by atoms with Crippen molar-refractivity contribution < 1.29 is 9.21 Å². The summed E-state index contributed by atoms with van der Waals surface area (Å²) in [7, 11) is 0. The molecule has 0 spiro atoms. The molecule has 0 aliphatic heterocycles. The van der Waals surface area contributed by atoms with Crippen LogP contribution in [0.1, 0.15) is 16.1 Å². The smallest absolute Gasteiger partial charge is 0.249 e. The zero-order valence-electron chi connectivity index (χ0n) is 13.3. The first-order valence-electron chi connectivity index (χ1n) is 7.49. The minimum atomic E-state index is -0.575. The predicted octanol–water partition coefficient (Wildman–Crippen LogP) is 2.04. The van der Waals surface area contributed by atoms with Gasteiger partial charge in [0.2, 0.25) is 11.8 Å². The Balaban J connectivity index is 1.98. The van der Waals surface area contributed by atoms with Crippen LogP contribution in [0.5, 0.6) is 0 Å². The van der Waals surface area contributed by atoms with Crippen LogP contribution >= 0.6 is 0 Å². The molecule has 0 saturated heterocycles. The van der Waals surface area contributed by atoms with E-state index in [0.29, 0.717) is 39.7 Å². The SMILES string of the molecule is Cc1cnc(-c2cc3c(-c4c(N)cccc4C(N)=O)ncnn3c2)o1. The Morgan fingerprint density at radius 2 is 2.12 bits per heavy atom. The molecule has 0 aliphatic carbocycles. The Kier molecular flexibility index (Phi) is 3.24. The van der Waals surface area contributed by atoms with Gasteiger partial charge in [-0.05, 0) is 25.1 Å². The lowest BCUT2D eigenvalue weighted by Crippen LogP contribution is -2.14. The predicted molar refractivity (Wildman–Crippen MR) is 91.6 cm³/mol. The molecule has 4 rings (SSSR count). The number of anilines is 1. The second kappa shape index (κ2) is 5.45. The Labute approximate surface area is 142 Å². The number of aryl methyl sites for hydroxylation is 1. The van der Waals surface area contributed by atoms with E-state index < -0.39 is 5.91 Å². The maximum atomic E-state index is 11.8. The third-order valence-corrected chi connectivity index (χ3v) is 3.87. The van der Waals surface area contributed by atoms with Crippen LogP contribution in [-0.2, 0) is 0 Å². The number of carbonyl (C=O) groups excluding carboxylic acids is 1. The summed E-state index contributed by atoms with van der Waals surface area (Å²) in [5, 5.41) is 4.20. The van der Waals surface area contributed by atoms with Crippen molar-refractivity contribution in [2.75, 3.05) is 5.73 Å². The summed E-state index contributed by atoms with van der Waals surface area (Å²) >= 11 is 0. The number of hydrogen-bond donors (Lipinski definition) is 2. The number of nitrogens with zero attached hydrogens (tertiary/aromatic N) is 4. The normalized spacial score (nSPS) is 11.1. The Bertz CT molecular complexity index is 1110. The highest BCUT2D eigenvalue weighted by atomic mass is 16.4. The first-order valence-corrected chi connectivity index (χ1v) is 7.49. The fourth-order valence-corrected chi connectivity index (χ4v) is 2.77. The third kappa shape index (κ3) is 2.40. The molecule has 0 radical (unpaired) electrons. The molecule has 0 fully saturated rings. The molecule has 8 nitrogen and oxygen atoms in total. The molecular weight excluding hydrogens is 320 g/mol. The number of fused-ring (bicyclic) bond motifs is 1. The second-order valence-electron chi connectivity index (χ2n) is 5.58. The average molecular weight is 334 g/mol. The molecule has 1 amide bonds. The lowest BCUT2D eigenvalue weighted by molar-refractivity contribution is 0.100. The molecular formula is C17H14N6O2. The number of primary amides is 1. The standard InChI is InChI=1S/C17H14N6O2/c1-9-6-20-17(25-9)10-5-13-15(21-8-22-23(13)7-10)14-11(16(19)24)3-2-4-12(14)18/h2-8H,18H2,1H3,(H2,19,24). The summed E-state index contributed by atoms with van der Waals surface area (Å²) in [5.41, 5.74) is 14.7. The highest BCUT2D eigenvalue weighted by molar-refractivity contribution is 6.04. The number of hydrogen-bond acceptors (Lipinski definition) is 6. The average Bonchev–Trinajstić information content (AvgIpc) is 3.20.